The summed E-state index contributed by atoms with van der Waals surface area (Å²) in [6.07, 6.45) is 5.96. The highest BCUT2D eigenvalue weighted by Crippen LogP contribution is 2.22. The third-order valence-electron chi connectivity index (χ3n) is 3.55. The average Bonchev–Trinajstić information content (AvgIpc) is 2.94. The SMILES string of the molecule is CCCOc1ccc2c(ccn2CCc2ccccn2)c1. The molecule has 108 valence electrons. The lowest BCUT2D eigenvalue weighted by Gasteiger charge is -2.07. The maximum Gasteiger partial charge on any atom is 0.120 e. The molecule has 0 saturated carbocycles. The number of aromatic nitrogens is 2. The van der Waals surface area contributed by atoms with Crippen LogP contribution in [-0.4, -0.2) is 16.2 Å². The molecule has 1 aromatic carbocycles. The van der Waals surface area contributed by atoms with Gasteiger partial charge in [0, 0.05) is 42.0 Å². The molecule has 0 unspecified atom stereocenters. The summed E-state index contributed by atoms with van der Waals surface area (Å²) in [5.74, 6) is 0.951. The van der Waals surface area contributed by atoms with Gasteiger partial charge in [0.15, 0.2) is 0 Å². The first-order chi connectivity index (χ1) is 10.4. The summed E-state index contributed by atoms with van der Waals surface area (Å²) in [4.78, 5) is 4.37. The van der Waals surface area contributed by atoms with Crippen LogP contribution in [0.5, 0.6) is 5.75 Å². The lowest BCUT2D eigenvalue weighted by Crippen LogP contribution is -2.01. The standard InChI is InChI=1S/C18H20N2O/c1-2-13-21-17-6-7-18-15(14-17)8-11-20(18)12-9-16-5-3-4-10-19-16/h3-8,10-11,14H,2,9,12-13H2,1H3. The van der Waals surface area contributed by atoms with Crippen LogP contribution < -0.4 is 4.74 Å². The summed E-state index contributed by atoms with van der Waals surface area (Å²) in [7, 11) is 0. The third kappa shape index (κ3) is 3.24. The predicted molar refractivity (Wildman–Crippen MR) is 85.7 cm³/mol. The zero-order chi connectivity index (χ0) is 14.5. The van der Waals surface area contributed by atoms with Crippen molar-refractivity contribution in [1.29, 1.82) is 0 Å². The van der Waals surface area contributed by atoms with Gasteiger partial charge in [0.2, 0.25) is 0 Å². The summed E-state index contributed by atoms with van der Waals surface area (Å²) < 4.78 is 7.95. The molecular weight excluding hydrogens is 260 g/mol. The number of rotatable bonds is 6. The van der Waals surface area contributed by atoms with Crippen LogP contribution in [0.2, 0.25) is 0 Å². The molecule has 0 fully saturated rings. The van der Waals surface area contributed by atoms with Crippen LogP contribution in [0.3, 0.4) is 0 Å². The molecule has 2 aromatic heterocycles. The Balaban J connectivity index is 1.74. The normalized spacial score (nSPS) is 10.9. The zero-order valence-electron chi connectivity index (χ0n) is 12.3. The molecule has 3 aromatic rings. The molecule has 0 N–H and O–H groups in total. The maximum absolute atomic E-state index is 5.68. The van der Waals surface area contributed by atoms with Crippen LogP contribution in [0, 0.1) is 0 Å². The number of ether oxygens (including phenoxy) is 1. The van der Waals surface area contributed by atoms with E-state index in [0.717, 1.165) is 37.4 Å². The van der Waals surface area contributed by atoms with E-state index < -0.39 is 0 Å². The van der Waals surface area contributed by atoms with Crippen LogP contribution >= 0.6 is 0 Å². The molecule has 0 spiro atoms. The van der Waals surface area contributed by atoms with Crippen molar-refractivity contribution in [3.05, 3.63) is 60.6 Å². The van der Waals surface area contributed by atoms with Gasteiger partial charge in [-0.05, 0) is 42.8 Å². The minimum absolute atomic E-state index is 0.770. The van der Waals surface area contributed by atoms with E-state index in [0.29, 0.717) is 0 Å². The maximum atomic E-state index is 5.68. The number of pyridine rings is 1. The van der Waals surface area contributed by atoms with Gasteiger partial charge in [-0.1, -0.05) is 13.0 Å². The summed E-state index contributed by atoms with van der Waals surface area (Å²) in [6, 6.07) is 14.5. The fourth-order valence-corrected chi connectivity index (χ4v) is 2.46. The van der Waals surface area contributed by atoms with Crippen molar-refractivity contribution < 1.29 is 4.74 Å². The molecule has 0 aliphatic rings. The van der Waals surface area contributed by atoms with Crippen molar-refractivity contribution in [2.75, 3.05) is 6.61 Å². The molecule has 3 heteroatoms. The monoisotopic (exact) mass is 280 g/mol. The first-order valence-corrected chi connectivity index (χ1v) is 7.48. The molecule has 0 bridgehead atoms. The fraction of sp³-hybridized carbons (Fsp3) is 0.278. The highest BCUT2D eigenvalue weighted by atomic mass is 16.5. The lowest BCUT2D eigenvalue weighted by atomic mass is 10.2. The van der Waals surface area contributed by atoms with E-state index in [-0.39, 0.29) is 0 Å². The fourth-order valence-electron chi connectivity index (χ4n) is 2.46. The molecule has 3 nitrogen and oxygen atoms in total. The molecule has 0 radical (unpaired) electrons. The molecule has 0 saturated heterocycles. The number of benzene rings is 1. The minimum atomic E-state index is 0.770. The molecule has 0 amide bonds. The van der Waals surface area contributed by atoms with Gasteiger partial charge in [-0.25, -0.2) is 0 Å². The predicted octanol–water partition coefficient (Wildman–Crippen LogP) is 4.07. The molecule has 0 aliphatic carbocycles. The van der Waals surface area contributed by atoms with Crippen LogP contribution in [0.4, 0.5) is 0 Å². The summed E-state index contributed by atoms with van der Waals surface area (Å²) in [6.45, 7) is 3.83. The van der Waals surface area contributed by atoms with E-state index in [1.165, 1.54) is 10.9 Å². The molecule has 3 rings (SSSR count). The Bertz CT molecular complexity index is 704. The second kappa shape index (κ2) is 6.44. The van der Waals surface area contributed by atoms with E-state index >= 15 is 0 Å². The topological polar surface area (TPSA) is 27.1 Å². The molecule has 0 aliphatic heterocycles. The van der Waals surface area contributed by atoms with Crippen LogP contribution in [0.1, 0.15) is 19.0 Å². The summed E-state index contributed by atoms with van der Waals surface area (Å²) in [5.41, 5.74) is 2.37. The van der Waals surface area contributed by atoms with Gasteiger partial charge in [-0.15, -0.1) is 0 Å². The van der Waals surface area contributed by atoms with Gasteiger partial charge in [0.05, 0.1) is 6.61 Å². The Labute approximate surface area is 125 Å². The molecule has 2 heterocycles. The minimum Gasteiger partial charge on any atom is -0.494 e. The van der Waals surface area contributed by atoms with Gasteiger partial charge in [-0.2, -0.15) is 0 Å². The van der Waals surface area contributed by atoms with Crippen molar-refractivity contribution in [2.45, 2.75) is 26.3 Å². The third-order valence-corrected chi connectivity index (χ3v) is 3.55. The van der Waals surface area contributed by atoms with Crippen molar-refractivity contribution in [1.82, 2.24) is 9.55 Å². The van der Waals surface area contributed by atoms with Gasteiger partial charge in [-0.3, -0.25) is 4.98 Å². The Morgan fingerprint density at radius 1 is 1.14 bits per heavy atom. The second-order valence-electron chi connectivity index (χ2n) is 5.15. The van der Waals surface area contributed by atoms with Crippen molar-refractivity contribution in [3.63, 3.8) is 0 Å². The van der Waals surface area contributed by atoms with Gasteiger partial charge in [0.1, 0.15) is 5.75 Å². The number of aryl methyl sites for hydroxylation is 2. The molecule has 0 atom stereocenters. The number of hydrogen-bond donors (Lipinski definition) is 0. The number of hydrogen-bond acceptors (Lipinski definition) is 2. The van der Waals surface area contributed by atoms with E-state index in [1.807, 2.05) is 18.3 Å². The van der Waals surface area contributed by atoms with E-state index in [2.05, 4.69) is 53.0 Å². The van der Waals surface area contributed by atoms with Crippen LogP contribution in [0.25, 0.3) is 10.9 Å². The van der Waals surface area contributed by atoms with E-state index in [4.69, 9.17) is 4.74 Å². The average molecular weight is 280 g/mol. The Morgan fingerprint density at radius 3 is 2.90 bits per heavy atom. The zero-order valence-corrected chi connectivity index (χ0v) is 12.3. The first-order valence-electron chi connectivity index (χ1n) is 7.48. The summed E-state index contributed by atoms with van der Waals surface area (Å²) in [5, 5.41) is 1.23. The van der Waals surface area contributed by atoms with Gasteiger partial charge < -0.3 is 9.30 Å². The number of fused-ring (bicyclic) bond motifs is 1. The Hall–Kier alpha value is -2.29. The smallest absolute Gasteiger partial charge is 0.120 e. The Morgan fingerprint density at radius 2 is 2.10 bits per heavy atom. The van der Waals surface area contributed by atoms with Crippen molar-refractivity contribution in [2.24, 2.45) is 0 Å². The lowest BCUT2D eigenvalue weighted by molar-refractivity contribution is 0.318. The highest BCUT2D eigenvalue weighted by molar-refractivity contribution is 5.81. The van der Waals surface area contributed by atoms with E-state index in [9.17, 15) is 0 Å². The largest absolute Gasteiger partial charge is 0.494 e. The van der Waals surface area contributed by atoms with Crippen molar-refractivity contribution in [3.8, 4) is 5.75 Å². The second-order valence-corrected chi connectivity index (χ2v) is 5.15. The quantitative estimate of drug-likeness (QED) is 0.680. The number of nitrogens with zero attached hydrogens (tertiary/aromatic N) is 2. The molecule has 21 heavy (non-hydrogen) atoms. The highest BCUT2D eigenvalue weighted by Gasteiger charge is 2.03. The first kappa shape index (κ1) is 13.7. The Kier molecular flexibility index (Phi) is 4.20. The van der Waals surface area contributed by atoms with Gasteiger partial charge in [0.25, 0.3) is 0 Å². The van der Waals surface area contributed by atoms with Gasteiger partial charge >= 0.3 is 0 Å². The van der Waals surface area contributed by atoms with E-state index in [1.54, 1.807) is 0 Å². The summed E-state index contributed by atoms with van der Waals surface area (Å²) >= 11 is 0. The van der Waals surface area contributed by atoms with Crippen LogP contribution in [0.15, 0.2) is 54.9 Å². The van der Waals surface area contributed by atoms with Crippen LogP contribution in [-0.2, 0) is 13.0 Å². The van der Waals surface area contributed by atoms with Crippen molar-refractivity contribution >= 4 is 10.9 Å². The molecular formula is C18H20N2O.